The van der Waals surface area contributed by atoms with Crippen LogP contribution in [0.3, 0.4) is 0 Å². The van der Waals surface area contributed by atoms with Crippen LogP contribution in [-0.4, -0.2) is 44.0 Å². The van der Waals surface area contributed by atoms with Crippen molar-refractivity contribution in [2.75, 3.05) is 32.8 Å². The van der Waals surface area contributed by atoms with Crippen LogP contribution in [0.1, 0.15) is 39.0 Å². The van der Waals surface area contributed by atoms with Crippen molar-refractivity contribution in [1.82, 2.24) is 4.90 Å². The van der Waals surface area contributed by atoms with Gasteiger partial charge in [-0.25, -0.2) is 0 Å². The van der Waals surface area contributed by atoms with Crippen LogP contribution in [0.5, 0.6) is 0 Å². The molecule has 0 saturated carbocycles. The van der Waals surface area contributed by atoms with Gasteiger partial charge in [-0.2, -0.15) is 0 Å². The van der Waals surface area contributed by atoms with Gasteiger partial charge in [0, 0.05) is 12.5 Å². The lowest BCUT2D eigenvalue weighted by Crippen LogP contribution is -2.41. The molecule has 2 rings (SSSR count). The van der Waals surface area contributed by atoms with Crippen LogP contribution in [0.2, 0.25) is 0 Å². The molecule has 0 aromatic carbocycles. The lowest BCUT2D eigenvalue weighted by Gasteiger charge is -2.34. The molecule has 0 amide bonds. The molecule has 2 aliphatic heterocycles. The topological polar surface area (TPSA) is 21.7 Å². The fraction of sp³-hybridized carbons (Fsp3) is 1.00. The summed E-state index contributed by atoms with van der Waals surface area (Å²) in [6.07, 6.45) is 6.68. The van der Waals surface area contributed by atoms with Crippen LogP contribution in [0.4, 0.5) is 0 Å². The summed E-state index contributed by atoms with van der Waals surface area (Å²) in [4.78, 5) is 2.59. The van der Waals surface area contributed by atoms with Crippen molar-refractivity contribution in [2.45, 2.75) is 45.3 Å². The Bertz CT molecular complexity index is 192. The zero-order chi connectivity index (χ0) is 11.2. The van der Waals surface area contributed by atoms with Gasteiger partial charge in [0.05, 0.1) is 13.2 Å². The highest BCUT2D eigenvalue weighted by atomic mass is 16.7. The highest BCUT2D eigenvalue weighted by Gasteiger charge is 2.30. The molecular weight excluding hydrogens is 202 g/mol. The van der Waals surface area contributed by atoms with E-state index < -0.39 is 0 Å². The maximum atomic E-state index is 5.62. The van der Waals surface area contributed by atoms with Gasteiger partial charge in [-0.05, 0) is 32.4 Å². The van der Waals surface area contributed by atoms with Gasteiger partial charge in [-0.3, -0.25) is 0 Å². The number of hydrogen-bond donors (Lipinski definition) is 0. The minimum atomic E-state index is 0.0916. The number of unbranched alkanes of at least 4 members (excludes halogenated alkanes) is 2. The largest absolute Gasteiger partial charge is 0.350 e. The number of nitrogens with zero attached hydrogens (tertiary/aromatic N) is 1. The Kier molecular flexibility index (Phi) is 5.07. The van der Waals surface area contributed by atoms with E-state index in [0.717, 1.165) is 13.2 Å². The smallest absolute Gasteiger partial charge is 0.161 e. The second-order valence-corrected chi connectivity index (χ2v) is 5.02. The van der Waals surface area contributed by atoms with Crippen molar-refractivity contribution in [3.8, 4) is 0 Å². The SMILES string of the molecule is CCCCCN1CCCC(C2OCCO2)C1. The Labute approximate surface area is 99.1 Å². The molecule has 94 valence electrons. The van der Waals surface area contributed by atoms with Crippen molar-refractivity contribution in [3.05, 3.63) is 0 Å². The fourth-order valence-electron chi connectivity index (χ4n) is 2.75. The summed E-state index contributed by atoms with van der Waals surface area (Å²) >= 11 is 0. The molecule has 2 saturated heterocycles. The molecule has 0 N–H and O–H groups in total. The van der Waals surface area contributed by atoms with Gasteiger partial charge in [-0.1, -0.05) is 19.8 Å². The molecule has 16 heavy (non-hydrogen) atoms. The van der Waals surface area contributed by atoms with Gasteiger partial charge < -0.3 is 14.4 Å². The number of ether oxygens (including phenoxy) is 2. The molecule has 2 heterocycles. The second-order valence-electron chi connectivity index (χ2n) is 5.02. The molecule has 0 radical (unpaired) electrons. The zero-order valence-electron chi connectivity index (χ0n) is 10.5. The Morgan fingerprint density at radius 2 is 2.00 bits per heavy atom. The lowest BCUT2D eigenvalue weighted by atomic mass is 9.97. The standard InChI is InChI=1S/C13H25NO2/c1-2-3-4-7-14-8-5-6-12(11-14)13-15-9-10-16-13/h12-13H,2-11H2,1H3. The third-order valence-electron chi connectivity index (χ3n) is 3.65. The van der Waals surface area contributed by atoms with Crippen LogP contribution >= 0.6 is 0 Å². The Balaban J connectivity index is 1.70. The molecule has 0 bridgehead atoms. The van der Waals surface area contributed by atoms with Crippen LogP contribution < -0.4 is 0 Å². The minimum absolute atomic E-state index is 0.0916. The lowest BCUT2D eigenvalue weighted by molar-refractivity contribution is -0.100. The molecule has 0 aromatic rings. The summed E-state index contributed by atoms with van der Waals surface area (Å²) in [5.74, 6) is 0.609. The van der Waals surface area contributed by atoms with Crippen molar-refractivity contribution in [2.24, 2.45) is 5.92 Å². The average Bonchev–Trinajstić information content (AvgIpc) is 2.83. The highest BCUT2D eigenvalue weighted by Crippen LogP contribution is 2.24. The summed E-state index contributed by atoms with van der Waals surface area (Å²) in [6, 6.07) is 0. The maximum Gasteiger partial charge on any atom is 0.161 e. The molecule has 2 fully saturated rings. The molecule has 3 heteroatoms. The van der Waals surface area contributed by atoms with E-state index in [1.165, 1.54) is 51.7 Å². The van der Waals surface area contributed by atoms with E-state index >= 15 is 0 Å². The number of hydrogen-bond acceptors (Lipinski definition) is 3. The molecule has 0 aromatic heterocycles. The molecule has 3 nitrogen and oxygen atoms in total. The first-order valence-electron chi connectivity index (χ1n) is 6.85. The average molecular weight is 227 g/mol. The van der Waals surface area contributed by atoms with Gasteiger partial charge in [0.2, 0.25) is 0 Å². The van der Waals surface area contributed by atoms with E-state index in [2.05, 4.69) is 11.8 Å². The van der Waals surface area contributed by atoms with Crippen LogP contribution in [-0.2, 0) is 9.47 Å². The molecule has 1 atom stereocenters. The van der Waals surface area contributed by atoms with E-state index in [0.29, 0.717) is 5.92 Å². The van der Waals surface area contributed by atoms with Crippen LogP contribution in [0, 0.1) is 5.92 Å². The van der Waals surface area contributed by atoms with Crippen molar-refractivity contribution in [3.63, 3.8) is 0 Å². The first kappa shape index (κ1) is 12.3. The molecule has 1 unspecified atom stereocenters. The predicted molar refractivity (Wildman–Crippen MR) is 64.4 cm³/mol. The molecule has 0 spiro atoms. The van der Waals surface area contributed by atoms with Crippen molar-refractivity contribution in [1.29, 1.82) is 0 Å². The van der Waals surface area contributed by atoms with Gasteiger partial charge in [-0.15, -0.1) is 0 Å². The first-order valence-corrected chi connectivity index (χ1v) is 6.85. The van der Waals surface area contributed by atoms with Gasteiger partial charge in [0.25, 0.3) is 0 Å². The molecular formula is C13H25NO2. The van der Waals surface area contributed by atoms with E-state index in [4.69, 9.17) is 9.47 Å². The molecule has 0 aliphatic carbocycles. The summed E-state index contributed by atoms with van der Waals surface area (Å²) in [6.45, 7) is 7.55. The normalized spacial score (nSPS) is 28.7. The second kappa shape index (κ2) is 6.58. The monoisotopic (exact) mass is 227 g/mol. The Morgan fingerprint density at radius 1 is 1.19 bits per heavy atom. The predicted octanol–water partition coefficient (Wildman–Crippen LogP) is 2.26. The summed E-state index contributed by atoms with van der Waals surface area (Å²) < 4.78 is 11.2. The van der Waals surface area contributed by atoms with Crippen LogP contribution in [0.25, 0.3) is 0 Å². The summed E-state index contributed by atoms with van der Waals surface area (Å²) in [5, 5.41) is 0. The van der Waals surface area contributed by atoms with E-state index in [1.807, 2.05) is 0 Å². The summed E-state index contributed by atoms with van der Waals surface area (Å²) in [5.41, 5.74) is 0. The minimum Gasteiger partial charge on any atom is -0.350 e. The number of likely N-dealkylation sites (tertiary alicyclic amines) is 1. The van der Waals surface area contributed by atoms with E-state index in [1.54, 1.807) is 0 Å². The van der Waals surface area contributed by atoms with Gasteiger partial charge in [0.1, 0.15) is 0 Å². The van der Waals surface area contributed by atoms with Gasteiger partial charge in [0.15, 0.2) is 6.29 Å². The zero-order valence-corrected chi connectivity index (χ0v) is 10.5. The van der Waals surface area contributed by atoms with Gasteiger partial charge >= 0.3 is 0 Å². The fourth-order valence-corrected chi connectivity index (χ4v) is 2.75. The third kappa shape index (κ3) is 3.44. The van der Waals surface area contributed by atoms with E-state index in [9.17, 15) is 0 Å². The highest BCUT2D eigenvalue weighted by molar-refractivity contribution is 4.76. The molecule has 2 aliphatic rings. The van der Waals surface area contributed by atoms with Crippen molar-refractivity contribution < 1.29 is 9.47 Å². The third-order valence-corrected chi connectivity index (χ3v) is 3.65. The van der Waals surface area contributed by atoms with Crippen LogP contribution in [0.15, 0.2) is 0 Å². The quantitative estimate of drug-likeness (QED) is 0.672. The maximum absolute atomic E-state index is 5.62. The van der Waals surface area contributed by atoms with Crippen molar-refractivity contribution >= 4 is 0 Å². The summed E-state index contributed by atoms with van der Waals surface area (Å²) in [7, 11) is 0. The Hall–Kier alpha value is -0.120. The number of piperidine rings is 1. The first-order chi connectivity index (χ1) is 7.90. The van der Waals surface area contributed by atoms with E-state index in [-0.39, 0.29) is 6.29 Å². The number of rotatable bonds is 5. The Morgan fingerprint density at radius 3 is 2.75 bits per heavy atom.